The third-order valence-corrected chi connectivity index (χ3v) is 5.71. The average Bonchev–Trinajstić information content (AvgIpc) is 3.30. The van der Waals surface area contributed by atoms with E-state index in [1.54, 1.807) is 12.1 Å². The lowest BCUT2D eigenvalue weighted by molar-refractivity contribution is -0.192. The summed E-state index contributed by atoms with van der Waals surface area (Å²) in [7, 11) is 0. The van der Waals surface area contributed by atoms with Gasteiger partial charge in [0.2, 0.25) is 11.8 Å². The highest BCUT2D eigenvalue weighted by Crippen LogP contribution is 2.25. The van der Waals surface area contributed by atoms with Crippen molar-refractivity contribution >= 4 is 17.8 Å². The summed E-state index contributed by atoms with van der Waals surface area (Å²) in [6.45, 7) is 0.967. The standard InChI is InChI=1S/C23H25FN4O3.C2HF3O2/c24-18-9-6-15(7-10-18)17(14-22(29)30)13-21-28-27-20(31-21)5-1-4-19-11-8-16-3-2-12-25-23(16)26-19;3-2(4,5)1(6)7/h6-11,17H,1-5,12-14H2,(H,25,26)(H,29,30);(H,6,7). The van der Waals surface area contributed by atoms with Gasteiger partial charge in [-0.2, -0.15) is 13.2 Å². The molecule has 3 heterocycles. The molecule has 0 radical (unpaired) electrons. The van der Waals surface area contributed by atoms with E-state index in [0.717, 1.165) is 49.3 Å². The number of halogens is 4. The van der Waals surface area contributed by atoms with Gasteiger partial charge in [0.25, 0.3) is 0 Å². The van der Waals surface area contributed by atoms with Crippen LogP contribution < -0.4 is 5.32 Å². The lowest BCUT2D eigenvalue weighted by atomic mass is 9.92. The zero-order chi connectivity index (χ0) is 27.7. The molecule has 0 fully saturated rings. The van der Waals surface area contributed by atoms with Crippen molar-refractivity contribution in [3.8, 4) is 0 Å². The molecule has 0 saturated carbocycles. The predicted molar refractivity (Wildman–Crippen MR) is 126 cm³/mol. The first-order valence-corrected chi connectivity index (χ1v) is 11.8. The summed E-state index contributed by atoms with van der Waals surface area (Å²) >= 11 is 0. The van der Waals surface area contributed by atoms with Gasteiger partial charge in [0.15, 0.2) is 0 Å². The van der Waals surface area contributed by atoms with Crippen LogP contribution in [0.4, 0.5) is 23.4 Å². The number of aryl methyl sites for hydroxylation is 3. The first-order valence-electron chi connectivity index (χ1n) is 11.8. The summed E-state index contributed by atoms with van der Waals surface area (Å²) in [5, 5.41) is 27.9. The van der Waals surface area contributed by atoms with Gasteiger partial charge in [0.1, 0.15) is 11.6 Å². The lowest BCUT2D eigenvalue weighted by Crippen LogP contribution is -2.21. The lowest BCUT2D eigenvalue weighted by Gasteiger charge is -2.17. The van der Waals surface area contributed by atoms with Crippen molar-refractivity contribution in [3.05, 3.63) is 70.8 Å². The highest BCUT2D eigenvalue weighted by Gasteiger charge is 2.38. The summed E-state index contributed by atoms with van der Waals surface area (Å²) in [5.41, 5.74) is 3.04. The largest absolute Gasteiger partial charge is 0.490 e. The second-order valence-electron chi connectivity index (χ2n) is 8.64. The van der Waals surface area contributed by atoms with Crippen molar-refractivity contribution in [2.24, 2.45) is 0 Å². The number of hydrogen-bond donors (Lipinski definition) is 3. The molecule has 13 heteroatoms. The van der Waals surface area contributed by atoms with Gasteiger partial charge in [0, 0.05) is 31.0 Å². The van der Waals surface area contributed by atoms with Crippen LogP contribution in [0.25, 0.3) is 0 Å². The van der Waals surface area contributed by atoms with Crippen LogP contribution >= 0.6 is 0 Å². The van der Waals surface area contributed by atoms with E-state index >= 15 is 0 Å². The molecular weight excluding hydrogens is 512 g/mol. The predicted octanol–water partition coefficient (Wildman–Crippen LogP) is 4.57. The van der Waals surface area contributed by atoms with Gasteiger partial charge in [-0.15, -0.1) is 10.2 Å². The topological polar surface area (TPSA) is 138 Å². The van der Waals surface area contributed by atoms with Crippen LogP contribution in [0, 0.1) is 5.82 Å². The molecule has 1 aliphatic rings. The Morgan fingerprint density at radius 1 is 1.03 bits per heavy atom. The number of alkyl halides is 3. The van der Waals surface area contributed by atoms with Crippen LogP contribution in [-0.2, 0) is 35.3 Å². The number of nitrogens with one attached hydrogen (secondary N) is 1. The number of carboxylic acid groups (broad SMARTS) is 2. The maximum absolute atomic E-state index is 13.2. The number of carboxylic acids is 2. The van der Waals surface area contributed by atoms with Gasteiger partial charge in [-0.3, -0.25) is 4.79 Å². The SMILES string of the molecule is O=C(O)C(F)(F)F.O=C(O)CC(Cc1nnc(CCCc2ccc3c(n2)NCCC3)o1)c1ccc(F)cc1. The van der Waals surface area contributed by atoms with Crippen LogP contribution in [0.2, 0.25) is 0 Å². The minimum Gasteiger partial charge on any atom is -0.481 e. The van der Waals surface area contributed by atoms with Crippen molar-refractivity contribution < 1.29 is 41.8 Å². The Bertz CT molecular complexity index is 1230. The Morgan fingerprint density at radius 2 is 1.71 bits per heavy atom. The average molecular weight is 538 g/mol. The third kappa shape index (κ3) is 8.82. The summed E-state index contributed by atoms with van der Waals surface area (Å²) in [6, 6.07) is 10.1. The molecule has 204 valence electrons. The molecule has 1 aromatic carbocycles. The molecule has 2 aromatic heterocycles. The van der Waals surface area contributed by atoms with Crippen LogP contribution in [0.1, 0.15) is 53.8 Å². The van der Waals surface area contributed by atoms with Gasteiger partial charge in [0.05, 0.1) is 6.42 Å². The zero-order valence-electron chi connectivity index (χ0n) is 20.2. The van der Waals surface area contributed by atoms with Crippen LogP contribution in [0.15, 0.2) is 40.8 Å². The molecule has 1 aliphatic heterocycles. The van der Waals surface area contributed by atoms with E-state index < -0.39 is 18.1 Å². The summed E-state index contributed by atoms with van der Waals surface area (Å²) < 4.78 is 50.7. The van der Waals surface area contributed by atoms with Crippen LogP contribution in [0.3, 0.4) is 0 Å². The van der Waals surface area contributed by atoms with Crippen molar-refractivity contribution in [3.63, 3.8) is 0 Å². The van der Waals surface area contributed by atoms with Crippen LogP contribution in [0.5, 0.6) is 0 Å². The van der Waals surface area contributed by atoms with E-state index in [1.165, 1.54) is 17.7 Å². The van der Waals surface area contributed by atoms with Gasteiger partial charge in [-0.25, -0.2) is 14.2 Å². The minimum atomic E-state index is -5.08. The van der Waals surface area contributed by atoms with Gasteiger partial charge in [-0.05, 0) is 55.0 Å². The maximum atomic E-state index is 13.2. The molecule has 3 aromatic rings. The van der Waals surface area contributed by atoms with Crippen molar-refractivity contribution in [1.82, 2.24) is 15.2 Å². The van der Waals surface area contributed by atoms with Crippen molar-refractivity contribution in [2.45, 2.75) is 57.0 Å². The van der Waals surface area contributed by atoms with E-state index in [4.69, 9.17) is 19.3 Å². The second-order valence-corrected chi connectivity index (χ2v) is 8.64. The molecular formula is C25H26F4N4O5. The first kappa shape index (κ1) is 28.5. The number of hydrogen-bond acceptors (Lipinski definition) is 7. The number of carbonyl (C=O) groups is 2. The van der Waals surface area contributed by atoms with Gasteiger partial charge < -0.3 is 19.9 Å². The maximum Gasteiger partial charge on any atom is 0.490 e. The van der Waals surface area contributed by atoms with Crippen molar-refractivity contribution in [2.75, 3.05) is 11.9 Å². The number of aliphatic carboxylic acids is 2. The third-order valence-electron chi connectivity index (χ3n) is 5.71. The Morgan fingerprint density at radius 3 is 2.37 bits per heavy atom. The molecule has 1 atom stereocenters. The van der Waals surface area contributed by atoms with Crippen LogP contribution in [-0.4, -0.2) is 50.1 Å². The molecule has 0 spiro atoms. The monoisotopic (exact) mass is 538 g/mol. The smallest absolute Gasteiger partial charge is 0.481 e. The van der Waals surface area contributed by atoms with Gasteiger partial charge in [-0.1, -0.05) is 18.2 Å². The first-order chi connectivity index (χ1) is 18.0. The van der Waals surface area contributed by atoms with E-state index in [0.29, 0.717) is 24.6 Å². The molecule has 0 bridgehead atoms. The van der Waals surface area contributed by atoms with E-state index in [1.807, 2.05) is 0 Å². The summed E-state index contributed by atoms with van der Waals surface area (Å²) in [6.07, 6.45) is -0.416. The van der Waals surface area contributed by atoms with E-state index in [9.17, 15) is 27.5 Å². The number of aromatic nitrogens is 3. The molecule has 9 nitrogen and oxygen atoms in total. The number of pyridine rings is 1. The number of fused-ring (bicyclic) bond motifs is 1. The number of rotatable bonds is 9. The summed E-state index contributed by atoms with van der Waals surface area (Å²) in [4.78, 5) is 24.9. The Balaban J connectivity index is 0.000000505. The Kier molecular flexibility index (Phi) is 9.74. The Hall–Kier alpha value is -4.03. The normalized spacial score (nSPS) is 13.5. The molecule has 0 aliphatic carbocycles. The quantitative estimate of drug-likeness (QED) is 0.334. The number of benzene rings is 1. The molecule has 0 amide bonds. The van der Waals surface area contributed by atoms with Crippen molar-refractivity contribution in [1.29, 1.82) is 0 Å². The molecule has 0 saturated heterocycles. The zero-order valence-corrected chi connectivity index (χ0v) is 20.2. The van der Waals surface area contributed by atoms with Gasteiger partial charge >= 0.3 is 18.1 Å². The number of anilines is 1. The summed E-state index contributed by atoms with van der Waals surface area (Å²) in [5.74, 6) is -2.50. The Labute approximate surface area is 214 Å². The molecule has 3 N–H and O–H groups in total. The fourth-order valence-corrected chi connectivity index (χ4v) is 3.87. The highest BCUT2D eigenvalue weighted by atomic mass is 19.4. The molecule has 4 rings (SSSR count). The highest BCUT2D eigenvalue weighted by molar-refractivity contribution is 5.73. The van der Waals surface area contributed by atoms with E-state index in [-0.39, 0.29) is 18.2 Å². The van der Waals surface area contributed by atoms with E-state index in [2.05, 4.69) is 27.6 Å². The molecule has 1 unspecified atom stereocenters. The number of nitrogens with zero attached hydrogens (tertiary/aromatic N) is 3. The minimum absolute atomic E-state index is 0.0959. The fourth-order valence-electron chi connectivity index (χ4n) is 3.87. The second kappa shape index (κ2) is 13.0. The molecule has 38 heavy (non-hydrogen) atoms. The fraction of sp³-hybridized carbons (Fsp3) is 0.400.